The number of likely N-dealkylation sites (tertiary alicyclic amines) is 1. The standard InChI is InChI=1S/C16H24N2/c1-3-7-14(2)17-16-10-11-18(13-16)12-15-8-5-4-6-9-15/h3-6,8-9,14,16-17H,1,7,10-13H2,2H3. The van der Waals surface area contributed by atoms with E-state index in [1.807, 2.05) is 6.08 Å². The lowest BCUT2D eigenvalue weighted by atomic mass is 10.2. The number of hydrogen-bond acceptors (Lipinski definition) is 2. The molecule has 1 aromatic carbocycles. The lowest BCUT2D eigenvalue weighted by Crippen LogP contribution is -2.38. The van der Waals surface area contributed by atoms with Crippen LogP contribution < -0.4 is 5.32 Å². The summed E-state index contributed by atoms with van der Waals surface area (Å²) in [5, 5.41) is 3.68. The van der Waals surface area contributed by atoms with Crippen LogP contribution in [-0.2, 0) is 6.54 Å². The normalized spacial score (nSPS) is 21.9. The molecule has 0 spiro atoms. The Labute approximate surface area is 111 Å². The Balaban J connectivity index is 1.76. The highest BCUT2D eigenvalue weighted by molar-refractivity contribution is 5.14. The van der Waals surface area contributed by atoms with E-state index < -0.39 is 0 Å². The molecular formula is C16H24N2. The van der Waals surface area contributed by atoms with Gasteiger partial charge in [-0.25, -0.2) is 0 Å². The first-order valence-electron chi connectivity index (χ1n) is 6.91. The fourth-order valence-electron chi connectivity index (χ4n) is 2.67. The Morgan fingerprint density at radius 2 is 2.22 bits per heavy atom. The van der Waals surface area contributed by atoms with Crippen LogP contribution in [0.5, 0.6) is 0 Å². The fraction of sp³-hybridized carbons (Fsp3) is 0.500. The highest BCUT2D eigenvalue weighted by Crippen LogP contribution is 2.14. The van der Waals surface area contributed by atoms with Gasteiger partial charge >= 0.3 is 0 Å². The first-order valence-corrected chi connectivity index (χ1v) is 6.91. The molecule has 0 bridgehead atoms. The summed E-state index contributed by atoms with van der Waals surface area (Å²) >= 11 is 0. The van der Waals surface area contributed by atoms with Gasteiger partial charge in [-0.1, -0.05) is 36.4 Å². The zero-order chi connectivity index (χ0) is 12.8. The van der Waals surface area contributed by atoms with Crippen molar-refractivity contribution >= 4 is 0 Å². The topological polar surface area (TPSA) is 15.3 Å². The molecule has 1 aliphatic rings. The van der Waals surface area contributed by atoms with Gasteiger partial charge < -0.3 is 5.32 Å². The summed E-state index contributed by atoms with van der Waals surface area (Å²) in [6, 6.07) is 11.9. The predicted octanol–water partition coefficient (Wildman–Crippen LogP) is 2.82. The van der Waals surface area contributed by atoms with Gasteiger partial charge in [0.15, 0.2) is 0 Å². The average Bonchev–Trinajstić information content (AvgIpc) is 2.78. The Kier molecular flexibility index (Phi) is 4.97. The second-order valence-corrected chi connectivity index (χ2v) is 5.30. The maximum atomic E-state index is 3.80. The number of nitrogens with one attached hydrogen (secondary N) is 1. The second kappa shape index (κ2) is 6.72. The Morgan fingerprint density at radius 1 is 1.44 bits per heavy atom. The van der Waals surface area contributed by atoms with E-state index in [0.717, 1.165) is 19.5 Å². The number of hydrogen-bond donors (Lipinski definition) is 1. The van der Waals surface area contributed by atoms with Crippen LogP contribution >= 0.6 is 0 Å². The predicted molar refractivity (Wildman–Crippen MR) is 77.5 cm³/mol. The highest BCUT2D eigenvalue weighted by Gasteiger charge is 2.22. The van der Waals surface area contributed by atoms with E-state index in [9.17, 15) is 0 Å². The van der Waals surface area contributed by atoms with E-state index in [-0.39, 0.29) is 0 Å². The molecule has 1 aromatic rings. The summed E-state index contributed by atoms with van der Waals surface area (Å²) in [6.07, 6.45) is 4.30. The summed E-state index contributed by atoms with van der Waals surface area (Å²) in [5.41, 5.74) is 1.41. The van der Waals surface area contributed by atoms with Crippen LogP contribution in [0, 0.1) is 0 Å². The van der Waals surface area contributed by atoms with E-state index in [0.29, 0.717) is 12.1 Å². The molecule has 18 heavy (non-hydrogen) atoms. The van der Waals surface area contributed by atoms with E-state index in [4.69, 9.17) is 0 Å². The molecule has 98 valence electrons. The molecule has 2 atom stereocenters. The Morgan fingerprint density at radius 3 is 2.94 bits per heavy atom. The van der Waals surface area contributed by atoms with Gasteiger partial charge in [0.1, 0.15) is 0 Å². The second-order valence-electron chi connectivity index (χ2n) is 5.30. The largest absolute Gasteiger partial charge is 0.310 e. The summed E-state index contributed by atoms with van der Waals surface area (Å²) in [6.45, 7) is 9.48. The summed E-state index contributed by atoms with van der Waals surface area (Å²) in [7, 11) is 0. The highest BCUT2D eigenvalue weighted by atomic mass is 15.2. The van der Waals surface area contributed by atoms with Crippen molar-refractivity contribution in [2.24, 2.45) is 0 Å². The molecule has 2 unspecified atom stereocenters. The van der Waals surface area contributed by atoms with Crippen LogP contribution in [0.25, 0.3) is 0 Å². The molecule has 0 saturated carbocycles. The van der Waals surface area contributed by atoms with Gasteiger partial charge in [-0.3, -0.25) is 4.90 Å². The third-order valence-electron chi connectivity index (χ3n) is 3.56. The van der Waals surface area contributed by atoms with Crippen LogP contribution in [-0.4, -0.2) is 30.1 Å². The van der Waals surface area contributed by atoms with Crippen molar-refractivity contribution in [1.82, 2.24) is 10.2 Å². The number of rotatable bonds is 6. The first kappa shape index (κ1) is 13.3. The van der Waals surface area contributed by atoms with E-state index >= 15 is 0 Å². The van der Waals surface area contributed by atoms with Gasteiger partial charge in [-0.05, 0) is 25.3 Å². The minimum atomic E-state index is 0.546. The van der Waals surface area contributed by atoms with Gasteiger partial charge in [0.05, 0.1) is 0 Å². The Hall–Kier alpha value is -1.12. The molecule has 2 nitrogen and oxygen atoms in total. The van der Waals surface area contributed by atoms with Crippen molar-refractivity contribution in [2.45, 2.75) is 38.4 Å². The average molecular weight is 244 g/mol. The lowest BCUT2D eigenvalue weighted by Gasteiger charge is -2.19. The lowest BCUT2D eigenvalue weighted by molar-refractivity contribution is 0.316. The van der Waals surface area contributed by atoms with Gasteiger partial charge in [0, 0.05) is 31.7 Å². The van der Waals surface area contributed by atoms with Gasteiger partial charge in [0.2, 0.25) is 0 Å². The first-order chi connectivity index (χ1) is 8.78. The van der Waals surface area contributed by atoms with Crippen molar-refractivity contribution in [3.63, 3.8) is 0 Å². The van der Waals surface area contributed by atoms with Crippen LogP contribution in [0.1, 0.15) is 25.3 Å². The van der Waals surface area contributed by atoms with E-state index in [1.165, 1.54) is 18.5 Å². The van der Waals surface area contributed by atoms with Crippen molar-refractivity contribution in [1.29, 1.82) is 0 Å². The van der Waals surface area contributed by atoms with E-state index in [1.54, 1.807) is 0 Å². The van der Waals surface area contributed by atoms with Crippen molar-refractivity contribution in [3.05, 3.63) is 48.6 Å². The summed E-state index contributed by atoms with van der Waals surface area (Å²) in [4.78, 5) is 2.54. The minimum absolute atomic E-state index is 0.546. The minimum Gasteiger partial charge on any atom is -0.310 e. The summed E-state index contributed by atoms with van der Waals surface area (Å²) in [5.74, 6) is 0. The number of benzene rings is 1. The Bertz CT molecular complexity index is 361. The fourth-order valence-corrected chi connectivity index (χ4v) is 2.67. The third kappa shape index (κ3) is 3.97. The van der Waals surface area contributed by atoms with Gasteiger partial charge in [0.25, 0.3) is 0 Å². The molecule has 1 N–H and O–H groups in total. The molecule has 0 amide bonds. The van der Waals surface area contributed by atoms with Crippen molar-refractivity contribution in [3.8, 4) is 0 Å². The van der Waals surface area contributed by atoms with E-state index in [2.05, 4.69) is 54.1 Å². The quantitative estimate of drug-likeness (QED) is 0.774. The smallest absolute Gasteiger partial charge is 0.0234 e. The maximum Gasteiger partial charge on any atom is 0.0234 e. The molecule has 1 saturated heterocycles. The van der Waals surface area contributed by atoms with Crippen molar-refractivity contribution in [2.75, 3.05) is 13.1 Å². The van der Waals surface area contributed by atoms with Crippen LogP contribution in [0.15, 0.2) is 43.0 Å². The molecule has 1 fully saturated rings. The van der Waals surface area contributed by atoms with Gasteiger partial charge in [-0.15, -0.1) is 6.58 Å². The zero-order valence-corrected chi connectivity index (χ0v) is 11.3. The molecule has 0 aromatic heterocycles. The van der Waals surface area contributed by atoms with Crippen LogP contribution in [0.4, 0.5) is 0 Å². The number of nitrogens with zero attached hydrogens (tertiary/aromatic N) is 1. The molecule has 1 aliphatic heterocycles. The molecule has 1 heterocycles. The monoisotopic (exact) mass is 244 g/mol. The molecule has 0 aliphatic carbocycles. The van der Waals surface area contributed by atoms with Gasteiger partial charge in [-0.2, -0.15) is 0 Å². The molecule has 0 radical (unpaired) electrons. The zero-order valence-electron chi connectivity index (χ0n) is 11.3. The third-order valence-corrected chi connectivity index (χ3v) is 3.56. The maximum absolute atomic E-state index is 3.80. The van der Waals surface area contributed by atoms with Crippen molar-refractivity contribution < 1.29 is 0 Å². The SMILES string of the molecule is C=CCC(C)NC1CCN(Cc2ccccc2)C1. The van der Waals surface area contributed by atoms with Crippen LogP contribution in [0.2, 0.25) is 0 Å². The molecular weight excluding hydrogens is 220 g/mol. The molecule has 2 heteroatoms. The summed E-state index contributed by atoms with van der Waals surface area (Å²) < 4.78 is 0. The molecule has 2 rings (SSSR count). The van der Waals surface area contributed by atoms with Crippen LogP contribution in [0.3, 0.4) is 0 Å².